The Bertz CT molecular complexity index is 1530. The van der Waals surface area contributed by atoms with Crippen LogP contribution in [0.5, 0.6) is 11.5 Å². The molecular formula is C30H26N4O4S. The maximum atomic E-state index is 12.6. The first-order valence-electron chi connectivity index (χ1n) is 11.9. The van der Waals surface area contributed by atoms with Crippen LogP contribution in [0.2, 0.25) is 0 Å². The topological polar surface area (TPSA) is 113 Å². The van der Waals surface area contributed by atoms with E-state index in [9.17, 15) is 14.9 Å². The number of carbonyl (C=O) groups is 2. The molecule has 0 aliphatic heterocycles. The molecule has 3 aromatic carbocycles. The highest BCUT2D eigenvalue weighted by atomic mass is 32.2. The Balaban J connectivity index is 1.61. The number of ether oxygens (including phenoxy) is 2. The summed E-state index contributed by atoms with van der Waals surface area (Å²) in [6.07, 6.45) is 0. The number of nitrogens with one attached hydrogen (secondary N) is 2. The largest absolute Gasteiger partial charge is 0.493 e. The number of aryl methyl sites for hydroxylation is 1. The Morgan fingerprint density at radius 2 is 1.62 bits per heavy atom. The Labute approximate surface area is 231 Å². The average Bonchev–Trinajstić information content (AvgIpc) is 2.98. The van der Waals surface area contributed by atoms with E-state index >= 15 is 0 Å². The van der Waals surface area contributed by atoms with Crippen molar-refractivity contribution in [1.82, 2.24) is 15.8 Å². The second kappa shape index (κ2) is 12.6. The molecule has 0 radical (unpaired) electrons. The quantitative estimate of drug-likeness (QED) is 0.235. The number of hydrogen-bond donors (Lipinski definition) is 2. The van der Waals surface area contributed by atoms with Gasteiger partial charge in [-0.1, -0.05) is 65.9 Å². The predicted molar refractivity (Wildman–Crippen MR) is 150 cm³/mol. The zero-order valence-corrected chi connectivity index (χ0v) is 22.5. The van der Waals surface area contributed by atoms with E-state index in [4.69, 9.17) is 14.5 Å². The normalized spacial score (nSPS) is 10.3. The van der Waals surface area contributed by atoms with Crippen molar-refractivity contribution in [3.05, 3.63) is 95.6 Å². The average molecular weight is 539 g/mol. The summed E-state index contributed by atoms with van der Waals surface area (Å²) in [6, 6.07) is 26.1. The van der Waals surface area contributed by atoms with Gasteiger partial charge in [0.2, 0.25) is 5.91 Å². The lowest BCUT2D eigenvalue weighted by Crippen LogP contribution is -2.42. The predicted octanol–water partition coefficient (Wildman–Crippen LogP) is 5.17. The summed E-state index contributed by atoms with van der Waals surface area (Å²) >= 11 is 1.11. The summed E-state index contributed by atoms with van der Waals surface area (Å²) in [6.45, 7) is 1.92. The molecule has 1 aromatic heterocycles. The van der Waals surface area contributed by atoms with Gasteiger partial charge < -0.3 is 9.47 Å². The molecule has 0 bridgehead atoms. The minimum atomic E-state index is -0.441. The molecule has 196 valence electrons. The third kappa shape index (κ3) is 6.55. The van der Waals surface area contributed by atoms with E-state index in [1.807, 2.05) is 61.5 Å². The third-order valence-electron chi connectivity index (χ3n) is 5.83. The fourth-order valence-corrected chi connectivity index (χ4v) is 4.60. The number of aromatic nitrogens is 1. The molecule has 8 nitrogen and oxygen atoms in total. The number of amides is 2. The number of thioether (sulfide) groups is 1. The maximum absolute atomic E-state index is 12.6. The van der Waals surface area contributed by atoms with Crippen molar-refractivity contribution < 1.29 is 19.1 Å². The van der Waals surface area contributed by atoms with Crippen LogP contribution in [-0.4, -0.2) is 36.8 Å². The van der Waals surface area contributed by atoms with Gasteiger partial charge in [-0.3, -0.25) is 20.4 Å². The monoisotopic (exact) mass is 538 g/mol. The number of hydrazine groups is 1. The first-order chi connectivity index (χ1) is 18.9. The summed E-state index contributed by atoms with van der Waals surface area (Å²) in [5, 5.41) is 10.5. The molecule has 4 aromatic rings. The standard InChI is InChI=1S/C30H26N4O4S/c1-19-9-11-21(12-10-19)29(36)34-33-28(35)18-39-30-24(17-31)23(16-25(32-30)20-7-5-4-6-8-20)22-13-14-26(37-2)27(15-22)38-3/h4-16H,18H2,1-3H3,(H,33,35)(H,34,36). The lowest BCUT2D eigenvalue weighted by atomic mass is 9.99. The maximum Gasteiger partial charge on any atom is 0.269 e. The van der Waals surface area contributed by atoms with Gasteiger partial charge in [-0.25, -0.2) is 4.98 Å². The summed E-state index contributed by atoms with van der Waals surface area (Å²) in [4.78, 5) is 29.6. The lowest BCUT2D eigenvalue weighted by Gasteiger charge is -2.14. The Hall–Kier alpha value is -4.81. The molecule has 0 atom stereocenters. The highest BCUT2D eigenvalue weighted by Crippen LogP contribution is 2.38. The SMILES string of the molecule is COc1ccc(-c2cc(-c3ccccc3)nc(SCC(=O)NNC(=O)c3ccc(C)cc3)c2C#N)cc1OC. The van der Waals surface area contributed by atoms with Crippen molar-refractivity contribution in [3.8, 4) is 40.0 Å². The van der Waals surface area contributed by atoms with E-state index in [2.05, 4.69) is 16.9 Å². The summed E-state index contributed by atoms with van der Waals surface area (Å²) in [5.74, 6) is 0.153. The Kier molecular flexibility index (Phi) is 8.82. The molecule has 2 N–H and O–H groups in total. The number of rotatable bonds is 8. The molecule has 0 saturated carbocycles. The van der Waals surface area contributed by atoms with E-state index in [1.165, 1.54) is 0 Å². The molecule has 0 saturated heterocycles. The summed E-state index contributed by atoms with van der Waals surface area (Å²) in [5.41, 5.74) is 9.51. The molecule has 9 heteroatoms. The van der Waals surface area contributed by atoms with Crippen molar-refractivity contribution in [2.24, 2.45) is 0 Å². The number of methoxy groups -OCH3 is 2. The lowest BCUT2D eigenvalue weighted by molar-refractivity contribution is -0.119. The van der Waals surface area contributed by atoms with Gasteiger partial charge in [0, 0.05) is 16.7 Å². The molecule has 4 rings (SSSR count). The van der Waals surface area contributed by atoms with Crippen LogP contribution >= 0.6 is 11.8 Å². The molecule has 0 aliphatic rings. The van der Waals surface area contributed by atoms with E-state index in [-0.39, 0.29) is 5.75 Å². The zero-order valence-electron chi connectivity index (χ0n) is 21.6. The van der Waals surface area contributed by atoms with Crippen LogP contribution < -0.4 is 20.3 Å². The summed E-state index contributed by atoms with van der Waals surface area (Å²) < 4.78 is 10.8. The molecule has 0 spiro atoms. The third-order valence-corrected chi connectivity index (χ3v) is 6.81. The van der Waals surface area contributed by atoms with Crippen molar-refractivity contribution >= 4 is 23.6 Å². The van der Waals surface area contributed by atoms with E-state index in [0.717, 1.165) is 28.5 Å². The van der Waals surface area contributed by atoms with Crippen LogP contribution in [0, 0.1) is 18.3 Å². The van der Waals surface area contributed by atoms with Crippen molar-refractivity contribution in [2.45, 2.75) is 11.9 Å². The second-order valence-electron chi connectivity index (χ2n) is 8.44. The van der Waals surface area contributed by atoms with Gasteiger partial charge in [-0.15, -0.1) is 0 Å². The number of hydrogen-bond acceptors (Lipinski definition) is 7. The number of carbonyl (C=O) groups excluding carboxylic acids is 2. The minimum absolute atomic E-state index is 0.0700. The van der Waals surface area contributed by atoms with Crippen LogP contribution in [0.4, 0.5) is 0 Å². The smallest absolute Gasteiger partial charge is 0.269 e. The summed E-state index contributed by atoms with van der Waals surface area (Å²) in [7, 11) is 3.10. The number of pyridine rings is 1. The molecule has 2 amide bonds. The van der Waals surface area contributed by atoms with E-state index in [1.54, 1.807) is 38.5 Å². The van der Waals surface area contributed by atoms with Gasteiger partial charge in [-0.05, 0) is 42.8 Å². The first kappa shape index (κ1) is 27.2. The molecular weight excluding hydrogens is 512 g/mol. The number of benzene rings is 3. The van der Waals surface area contributed by atoms with Gasteiger partial charge in [0.1, 0.15) is 11.1 Å². The number of nitriles is 1. The van der Waals surface area contributed by atoms with Crippen molar-refractivity contribution in [1.29, 1.82) is 5.26 Å². The highest BCUT2D eigenvalue weighted by Gasteiger charge is 2.18. The van der Waals surface area contributed by atoms with Gasteiger partial charge >= 0.3 is 0 Å². The zero-order chi connectivity index (χ0) is 27.8. The molecule has 0 fully saturated rings. The van der Waals surface area contributed by atoms with Crippen molar-refractivity contribution in [2.75, 3.05) is 20.0 Å². The van der Waals surface area contributed by atoms with Gasteiger partial charge in [0.05, 0.1) is 31.2 Å². The van der Waals surface area contributed by atoms with Crippen LogP contribution in [-0.2, 0) is 4.79 Å². The molecule has 39 heavy (non-hydrogen) atoms. The fourth-order valence-electron chi connectivity index (χ4n) is 3.80. The van der Waals surface area contributed by atoms with Gasteiger partial charge in [0.25, 0.3) is 5.91 Å². The second-order valence-corrected chi connectivity index (χ2v) is 9.40. The molecule has 0 unspecified atom stereocenters. The van der Waals surface area contributed by atoms with E-state index in [0.29, 0.717) is 38.9 Å². The van der Waals surface area contributed by atoms with Crippen LogP contribution in [0.15, 0.2) is 83.9 Å². The fraction of sp³-hybridized carbons (Fsp3) is 0.133. The highest BCUT2D eigenvalue weighted by molar-refractivity contribution is 8.00. The Morgan fingerprint density at radius 3 is 2.28 bits per heavy atom. The van der Waals surface area contributed by atoms with Crippen LogP contribution in [0.3, 0.4) is 0 Å². The van der Waals surface area contributed by atoms with Crippen LogP contribution in [0.1, 0.15) is 21.5 Å². The Morgan fingerprint density at radius 1 is 0.897 bits per heavy atom. The van der Waals surface area contributed by atoms with Crippen LogP contribution in [0.25, 0.3) is 22.4 Å². The number of nitrogens with zero attached hydrogens (tertiary/aromatic N) is 2. The molecule has 1 heterocycles. The van der Waals surface area contributed by atoms with Gasteiger partial charge in [-0.2, -0.15) is 5.26 Å². The van der Waals surface area contributed by atoms with Crippen molar-refractivity contribution in [3.63, 3.8) is 0 Å². The van der Waals surface area contributed by atoms with Gasteiger partial charge in [0.15, 0.2) is 11.5 Å². The minimum Gasteiger partial charge on any atom is -0.493 e. The molecule has 0 aliphatic carbocycles. The van der Waals surface area contributed by atoms with E-state index < -0.39 is 11.8 Å². The first-order valence-corrected chi connectivity index (χ1v) is 12.9.